The molecular formula is C20H21F. The molecule has 0 radical (unpaired) electrons. The van der Waals surface area contributed by atoms with Crippen LogP contribution in [-0.4, -0.2) is 0 Å². The van der Waals surface area contributed by atoms with E-state index < -0.39 is 0 Å². The van der Waals surface area contributed by atoms with Crippen LogP contribution in [0.25, 0.3) is 0 Å². The molecule has 0 unspecified atom stereocenters. The molecule has 1 heteroatoms. The topological polar surface area (TPSA) is 0 Å². The molecule has 0 saturated heterocycles. The predicted molar refractivity (Wildman–Crippen MR) is 85.8 cm³/mol. The quantitative estimate of drug-likeness (QED) is 0.621. The van der Waals surface area contributed by atoms with Gasteiger partial charge in [0.25, 0.3) is 0 Å². The summed E-state index contributed by atoms with van der Waals surface area (Å²) in [5, 5.41) is 0. The highest BCUT2D eigenvalue weighted by Crippen LogP contribution is 2.35. The van der Waals surface area contributed by atoms with Crippen LogP contribution in [0.4, 0.5) is 4.39 Å². The smallest absolute Gasteiger partial charge is 0.123 e. The van der Waals surface area contributed by atoms with E-state index in [0.29, 0.717) is 5.92 Å². The van der Waals surface area contributed by atoms with Gasteiger partial charge in [-0.3, -0.25) is 0 Å². The van der Waals surface area contributed by atoms with E-state index in [2.05, 4.69) is 36.4 Å². The van der Waals surface area contributed by atoms with E-state index in [4.69, 9.17) is 0 Å². The second-order valence-corrected chi connectivity index (χ2v) is 5.80. The summed E-state index contributed by atoms with van der Waals surface area (Å²) in [4.78, 5) is 0. The van der Waals surface area contributed by atoms with Gasteiger partial charge in [-0.1, -0.05) is 54.1 Å². The first-order valence-corrected chi connectivity index (χ1v) is 7.81. The molecule has 0 nitrogen and oxygen atoms in total. The molecule has 1 aliphatic rings. The first-order chi connectivity index (χ1) is 10.3. The van der Waals surface area contributed by atoms with Gasteiger partial charge in [0.1, 0.15) is 5.82 Å². The van der Waals surface area contributed by atoms with Crippen molar-refractivity contribution in [2.75, 3.05) is 0 Å². The molecule has 21 heavy (non-hydrogen) atoms. The molecule has 3 rings (SSSR count). The van der Waals surface area contributed by atoms with Gasteiger partial charge in [-0.15, -0.1) is 0 Å². The van der Waals surface area contributed by atoms with Crippen LogP contribution in [0.1, 0.15) is 42.7 Å². The molecule has 0 aromatic heterocycles. The Morgan fingerprint density at radius 3 is 2.38 bits per heavy atom. The summed E-state index contributed by atoms with van der Waals surface area (Å²) in [6, 6.07) is 17.7. The fourth-order valence-corrected chi connectivity index (χ4v) is 3.23. The lowest BCUT2D eigenvalue weighted by atomic mass is 9.85. The molecule has 0 aliphatic heterocycles. The molecule has 0 bridgehead atoms. The predicted octanol–water partition coefficient (Wildman–Crippen LogP) is 5.65. The summed E-state index contributed by atoms with van der Waals surface area (Å²) < 4.78 is 13.2. The molecule has 0 spiro atoms. The Hall–Kier alpha value is -1.89. The van der Waals surface area contributed by atoms with Crippen molar-refractivity contribution in [2.24, 2.45) is 0 Å². The summed E-state index contributed by atoms with van der Waals surface area (Å²) in [7, 11) is 0. The van der Waals surface area contributed by atoms with Gasteiger partial charge in [0, 0.05) is 5.92 Å². The lowest BCUT2D eigenvalue weighted by Gasteiger charge is -2.19. The number of rotatable bonds is 5. The second kappa shape index (κ2) is 6.71. The number of hydrogen-bond acceptors (Lipinski definition) is 0. The van der Waals surface area contributed by atoms with Crippen molar-refractivity contribution in [2.45, 2.75) is 38.0 Å². The van der Waals surface area contributed by atoms with Crippen LogP contribution in [-0.2, 0) is 6.42 Å². The summed E-state index contributed by atoms with van der Waals surface area (Å²) in [5.74, 6) is 0.286. The molecule has 1 atom stereocenters. The van der Waals surface area contributed by atoms with Gasteiger partial charge in [0.15, 0.2) is 0 Å². The molecule has 1 aliphatic carbocycles. The summed E-state index contributed by atoms with van der Waals surface area (Å²) in [5.41, 5.74) is 4.17. The van der Waals surface area contributed by atoms with E-state index >= 15 is 0 Å². The normalized spacial score (nSPS) is 15.8. The number of aryl methyl sites for hydroxylation is 1. The zero-order chi connectivity index (χ0) is 14.5. The third-order valence-corrected chi connectivity index (χ3v) is 4.36. The van der Waals surface area contributed by atoms with Crippen molar-refractivity contribution in [3.8, 4) is 0 Å². The maximum Gasteiger partial charge on any atom is 0.123 e. The Balaban J connectivity index is 1.78. The molecule has 0 fully saturated rings. The van der Waals surface area contributed by atoms with Gasteiger partial charge >= 0.3 is 0 Å². The van der Waals surface area contributed by atoms with E-state index in [0.717, 1.165) is 12.8 Å². The highest BCUT2D eigenvalue weighted by Gasteiger charge is 2.19. The average molecular weight is 280 g/mol. The van der Waals surface area contributed by atoms with Crippen LogP contribution < -0.4 is 0 Å². The SMILES string of the molecule is Fc1ccc([C@H](CCc2ccccc2)C2=CCCC2)cc1. The highest BCUT2D eigenvalue weighted by molar-refractivity contribution is 5.31. The lowest BCUT2D eigenvalue weighted by Crippen LogP contribution is -2.04. The molecule has 0 heterocycles. The number of allylic oxidation sites excluding steroid dienone is 2. The zero-order valence-electron chi connectivity index (χ0n) is 12.3. The second-order valence-electron chi connectivity index (χ2n) is 5.80. The van der Waals surface area contributed by atoms with Gasteiger partial charge in [0.05, 0.1) is 0 Å². The van der Waals surface area contributed by atoms with Crippen molar-refractivity contribution in [3.05, 3.63) is 83.2 Å². The van der Waals surface area contributed by atoms with E-state index in [1.54, 1.807) is 12.1 Å². The molecule has 2 aromatic carbocycles. The van der Waals surface area contributed by atoms with Gasteiger partial charge in [0.2, 0.25) is 0 Å². The van der Waals surface area contributed by atoms with Gasteiger partial charge in [-0.05, 0) is 55.4 Å². The fourth-order valence-electron chi connectivity index (χ4n) is 3.23. The molecule has 0 saturated carbocycles. The van der Waals surface area contributed by atoms with Gasteiger partial charge < -0.3 is 0 Å². The van der Waals surface area contributed by atoms with Crippen LogP contribution >= 0.6 is 0 Å². The fraction of sp³-hybridized carbons (Fsp3) is 0.300. The largest absolute Gasteiger partial charge is 0.207 e. The summed E-state index contributed by atoms with van der Waals surface area (Å²) >= 11 is 0. The van der Waals surface area contributed by atoms with E-state index in [1.807, 2.05) is 12.1 Å². The highest BCUT2D eigenvalue weighted by atomic mass is 19.1. The zero-order valence-corrected chi connectivity index (χ0v) is 12.3. The molecule has 0 N–H and O–H groups in total. The number of halogens is 1. The maximum absolute atomic E-state index is 13.2. The van der Waals surface area contributed by atoms with E-state index in [-0.39, 0.29) is 5.82 Å². The Labute approximate surface area is 126 Å². The molecule has 108 valence electrons. The van der Waals surface area contributed by atoms with Crippen LogP contribution in [0.2, 0.25) is 0 Å². The molecule has 0 amide bonds. The van der Waals surface area contributed by atoms with Crippen molar-refractivity contribution >= 4 is 0 Å². The third kappa shape index (κ3) is 3.60. The van der Waals surface area contributed by atoms with Gasteiger partial charge in [-0.2, -0.15) is 0 Å². The lowest BCUT2D eigenvalue weighted by molar-refractivity contribution is 0.623. The van der Waals surface area contributed by atoms with Crippen LogP contribution in [0.15, 0.2) is 66.2 Å². The summed E-state index contributed by atoms with van der Waals surface area (Å²) in [6.45, 7) is 0. The maximum atomic E-state index is 13.2. The minimum absolute atomic E-state index is 0.152. The van der Waals surface area contributed by atoms with Crippen molar-refractivity contribution in [1.29, 1.82) is 0 Å². The Bertz CT molecular complexity index is 595. The van der Waals surface area contributed by atoms with Crippen molar-refractivity contribution < 1.29 is 4.39 Å². The summed E-state index contributed by atoms with van der Waals surface area (Å²) in [6.07, 6.45) is 8.20. The third-order valence-electron chi connectivity index (χ3n) is 4.36. The first kappa shape index (κ1) is 14.1. The minimum atomic E-state index is -0.152. The van der Waals surface area contributed by atoms with E-state index in [1.165, 1.54) is 36.0 Å². The number of hydrogen-bond donors (Lipinski definition) is 0. The van der Waals surface area contributed by atoms with Crippen LogP contribution in [0, 0.1) is 5.82 Å². The Morgan fingerprint density at radius 1 is 0.952 bits per heavy atom. The average Bonchev–Trinajstić information content (AvgIpc) is 3.04. The first-order valence-electron chi connectivity index (χ1n) is 7.81. The monoisotopic (exact) mass is 280 g/mol. The van der Waals surface area contributed by atoms with Crippen molar-refractivity contribution in [3.63, 3.8) is 0 Å². The Morgan fingerprint density at radius 2 is 1.71 bits per heavy atom. The molecular weight excluding hydrogens is 259 g/mol. The van der Waals surface area contributed by atoms with Crippen LogP contribution in [0.3, 0.4) is 0 Å². The van der Waals surface area contributed by atoms with Crippen molar-refractivity contribution in [1.82, 2.24) is 0 Å². The minimum Gasteiger partial charge on any atom is -0.207 e. The number of benzene rings is 2. The van der Waals surface area contributed by atoms with Crippen LogP contribution in [0.5, 0.6) is 0 Å². The molecule has 2 aromatic rings. The standard InChI is InChI=1S/C20H21F/c21-19-13-11-18(12-14-19)20(17-8-4-5-9-17)15-10-16-6-2-1-3-7-16/h1-3,6-8,11-14,20H,4-5,9-10,15H2/t20-/m1/s1. The Kier molecular flexibility index (Phi) is 4.49. The van der Waals surface area contributed by atoms with E-state index in [9.17, 15) is 4.39 Å². The van der Waals surface area contributed by atoms with Gasteiger partial charge in [-0.25, -0.2) is 4.39 Å².